The zero-order chi connectivity index (χ0) is 14.8. The molecule has 0 saturated carbocycles. The number of fused-ring (bicyclic) bond motifs is 1. The highest BCUT2D eigenvalue weighted by Gasteiger charge is 2.30. The van der Waals surface area contributed by atoms with Gasteiger partial charge in [-0.05, 0) is 31.2 Å². The van der Waals surface area contributed by atoms with Crippen molar-refractivity contribution in [3.8, 4) is 0 Å². The highest BCUT2D eigenvalue weighted by Crippen LogP contribution is 2.32. The normalized spacial score (nSPS) is 21.9. The van der Waals surface area contributed by atoms with Crippen LogP contribution in [-0.4, -0.2) is 42.3 Å². The molecule has 2 unspecified atom stereocenters. The van der Waals surface area contributed by atoms with Crippen molar-refractivity contribution in [1.29, 1.82) is 0 Å². The van der Waals surface area contributed by atoms with Gasteiger partial charge < -0.3 is 15.0 Å². The van der Waals surface area contributed by atoms with Crippen LogP contribution >= 0.6 is 11.3 Å². The summed E-state index contributed by atoms with van der Waals surface area (Å²) in [7, 11) is 2.11. The van der Waals surface area contributed by atoms with Crippen molar-refractivity contribution in [3.63, 3.8) is 0 Å². The van der Waals surface area contributed by atoms with Crippen molar-refractivity contribution >= 4 is 33.3 Å². The van der Waals surface area contributed by atoms with Crippen molar-refractivity contribution in [1.82, 2.24) is 9.97 Å². The molecule has 1 saturated heterocycles. The first-order valence-corrected chi connectivity index (χ1v) is 8.42. The number of likely N-dealkylation sites (N-methyl/N-ethyl adjacent to an activating group) is 1. The van der Waals surface area contributed by atoms with Crippen LogP contribution in [0.15, 0.2) is 11.4 Å². The van der Waals surface area contributed by atoms with Gasteiger partial charge in [0.05, 0.1) is 17.5 Å². The van der Waals surface area contributed by atoms with E-state index < -0.39 is 0 Å². The molecular formula is C15H22N4OS. The second-order valence-corrected chi connectivity index (χ2v) is 6.37. The van der Waals surface area contributed by atoms with Crippen LogP contribution in [0.5, 0.6) is 0 Å². The topological polar surface area (TPSA) is 50.3 Å². The Balaban J connectivity index is 1.97. The van der Waals surface area contributed by atoms with E-state index in [1.54, 1.807) is 11.3 Å². The van der Waals surface area contributed by atoms with E-state index in [2.05, 4.69) is 47.5 Å². The number of aromatic nitrogens is 2. The standard InChI is InChI=1S/C15H22N4OS/c1-4-7-16-15-17-13(11-6-9-21-14(11)18-15)19(3)12-5-8-20-10(12)2/h6,9-10,12H,4-5,7-8H2,1-3H3,(H,16,17,18). The number of hydrogen-bond acceptors (Lipinski definition) is 6. The van der Waals surface area contributed by atoms with E-state index in [4.69, 9.17) is 9.72 Å². The zero-order valence-electron chi connectivity index (χ0n) is 12.8. The van der Waals surface area contributed by atoms with Crippen LogP contribution in [0.2, 0.25) is 0 Å². The highest BCUT2D eigenvalue weighted by molar-refractivity contribution is 7.16. The molecule has 2 aromatic heterocycles. The second kappa shape index (κ2) is 6.15. The molecule has 2 atom stereocenters. The summed E-state index contributed by atoms with van der Waals surface area (Å²) >= 11 is 1.66. The largest absolute Gasteiger partial charge is 0.376 e. The SMILES string of the molecule is CCCNc1nc(N(C)C2CCOC2C)c2ccsc2n1. The molecule has 5 nitrogen and oxygen atoms in total. The molecular weight excluding hydrogens is 284 g/mol. The average Bonchev–Trinajstić information content (AvgIpc) is 3.11. The molecule has 1 aliphatic heterocycles. The van der Waals surface area contributed by atoms with Crippen LogP contribution in [0, 0.1) is 0 Å². The van der Waals surface area contributed by atoms with Crippen LogP contribution in [0.25, 0.3) is 10.2 Å². The van der Waals surface area contributed by atoms with Gasteiger partial charge in [0, 0.05) is 20.2 Å². The number of thiophene rings is 1. The molecule has 0 aromatic carbocycles. The van der Waals surface area contributed by atoms with Gasteiger partial charge in [-0.15, -0.1) is 11.3 Å². The summed E-state index contributed by atoms with van der Waals surface area (Å²) in [6.45, 7) is 6.00. The minimum Gasteiger partial charge on any atom is -0.376 e. The van der Waals surface area contributed by atoms with Gasteiger partial charge in [0.15, 0.2) is 0 Å². The number of hydrogen-bond donors (Lipinski definition) is 1. The summed E-state index contributed by atoms with van der Waals surface area (Å²) in [6.07, 6.45) is 2.35. The minimum absolute atomic E-state index is 0.241. The fourth-order valence-corrected chi connectivity index (χ4v) is 3.57. The zero-order valence-corrected chi connectivity index (χ0v) is 13.6. The van der Waals surface area contributed by atoms with Gasteiger partial charge in [-0.2, -0.15) is 4.98 Å². The molecule has 0 aliphatic carbocycles. The lowest BCUT2D eigenvalue weighted by Gasteiger charge is -2.28. The third-order valence-electron chi connectivity index (χ3n) is 4.01. The first kappa shape index (κ1) is 14.5. The summed E-state index contributed by atoms with van der Waals surface area (Å²) in [5.41, 5.74) is 0. The van der Waals surface area contributed by atoms with Crippen molar-refractivity contribution < 1.29 is 4.74 Å². The maximum absolute atomic E-state index is 5.70. The monoisotopic (exact) mass is 306 g/mol. The molecule has 0 amide bonds. The Morgan fingerprint density at radius 1 is 1.48 bits per heavy atom. The molecule has 3 rings (SSSR count). The first-order valence-electron chi connectivity index (χ1n) is 7.54. The summed E-state index contributed by atoms with van der Waals surface area (Å²) in [4.78, 5) is 12.6. The Morgan fingerprint density at radius 2 is 2.33 bits per heavy atom. The Bertz CT molecular complexity index is 615. The maximum atomic E-state index is 5.70. The minimum atomic E-state index is 0.241. The van der Waals surface area contributed by atoms with E-state index in [9.17, 15) is 0 Å². The smallest absolute Gasteiger partial charge is 0.226 e. The first-order chi connectivity index (χ1) is 10.2. The van der Waals surface area contributed by atoms with Gasteiger partial charge in [-0.3, -0.25) is 0 Å². The summed E-state index contributed by atoms with van der Waals surface area (Å²) in [6, 6.07) is 2.48. The number of ether oxygens (including phenoxy) is 1. The fourth-order valence-electron chi connectivity index (χ4n) is 2.81. The predicted octanol–water partition coefficient (Wildman–Crippen LogP) is 3.13. The van der Waals surface area contributed by atoms with Gasteiger partial charge in [0.2, 0.25) is 5.95 Å². The number of nitrogens with zero attached hydrogens (tertiary/aromatic N) is 3. The lowest BCUT2D eigenvalue weighted by atomic mass is 10.1. The van der Waals surface area contributed by atoms with Crippen LogP contribution in [0.4, 0.5) is 11.8 Å². The third kappa shape index (κ3) is 2.82. The molecule has 6 heteroatoms. The molecule has 3 heterocycles. The van der Waals surface area contributed by atoms with Gasteiger partial charge >= 0.3 is 0 Å². The molecule has 1 N–H and O–H groups in total. The molecule has 1 aliphatic rings. The molecule has 2 aromatic rings. The van der Waals surface area contributed by atoms with Crippen molar-refractivity contribution in [3.05, 3.63) is 11.4 Å². The molecule has 0 bridgehead atoms. The van der Waals surface area contributed by atoms with Crippen LogP contribution in [0.3, 0.4) is 0 Å². The Kier molecular flexibility index (Phi) is 4.26. The van der Waals surface area contributed by atoms with Crippen LogP contribution < -0.4 is 10.2 Å². The van der Waals surface area contributed by atoms with E-state index in [0.29, 0.717) is 6.04 Å². The van der Waals surface area contributed by atoms with Crippen LogP contribution in [0.1, 0.15) is 26.7 Å². The van der Waals surface area contributed by atoms with Crippen molar-refractivity contribution in [2.75, 3.05) is 30.4 Å². The number of nitrogens with one attached hydrogen (secondary N) is 1. The average molecular weight is 306 g/mol. The Morgan fingerprint density at radius 3 is 3.05 bits per heavy atom. The maximum Gasteiger partial charge on any atom is 0.226 e. The summed E-state index contributed by atoms with van der Waals surface area (Å²) in [5.74, 6) is 1.72. The van der Waals surface area contributed by atoms with E-state index in [1.807, 2.05) is 0 Å². The molecule has 114 valence electrons. The van der Waals surface area contributed by atoms with Gasteiger partial charge in [-0.25, -0.2) is 4.98 Å². The second-order valence-electron chi connectivity index (χ2n) is 5.48. The molecule has 1 fully saturated rings. The van der Waals surface area contributed by atoms with Gasteiger partial charge in [-0.1, -0.05) is 6.92 Å². The van der Waals surface area contributed by atoms with E-state index >= 15 is 0 Å². The lowest BCUT2D eigenvalue weighted by Crippen LogP contribution is -2.37. The van der Waals surface area contributed by atoms with Crippen molar-refractivity contribution in [2.45, 2.75) is 38.8 Å². The number of anilines is 2. The van der Waals surface area contributed by atoms with Crippen LogP contribution in [-0.2, 0) is 4.74 Å². The highest BCUT2D eigenvalue weighted by atomic mass is 32.1. The molecule has 21 heavy (non-hydrogen) atoms. The number of rotatable bonds is 5. The third-order valence-corrected chi connectivity index (χ3v) is 4.81. The van der Waals surface area contributed by atoms with Crippen molar-refractivity contribution in [2.24, 2.45) is 0 Å². The summed E-state index contributed by atoms with van der Waals surface area (Å²) in [5, 5.41) is 6.51. The predicted molar refractivity (Wildman–Crippen MR) is 88.4 cm³/mol. The van der Waals surface area contributed by atoms with E-state index in [1.165, 1.54) is 0 Å². The van der Waals surface area contributed by atoms with E-state index in [-0.39, 0.29) is 6.10 Å². The molecule has 0 spiro atoms. The van der Waals surface area contributed by atoms with E-state index in [0.717, 1.165) is 48.0 Å². The fraction of sp³-hybridized carbons (Fsp3) is 0.600. The lowest BCUT2D eigenvalue weighted by molar-refractivity contribution is 0.118. The molecule has 0 radical (unpaired) electrons. The van der Waals surface area contributed by atoms with Gasteiger partial charge in [0.1, 0.15) is 10.6 Å². The Hall–Kier alpha value is -1.40. The summed E-state index contributed by atoms with van der Waals surface area (Å²) < 4.78 is 5.70. The quantitative estimate of drug-likeness (QED) is 0.919. The van der Waals surface area contributed by atoms with Gasteiger partial charge in [0.25, 0.3) is 0 Å². The Labute approximate surface area is 129 Å².